The SMILES string of the molecule is CC(C)(C)OC(=O)NCCCOc1ccc2ccnn2c1-c1cc(Nc2cnc(C#N)cn2)n[nH]1. The van der Waals surface area contributed by atoms with Gasteiger partial charge in [-0.2, -0.15) is 15.5 Å². The van der Waals surface area contributed by atoms with Crippen LogP contribution < -0.4 is 15.4 Å². The molecule has 35 heavy (non-hydrogen) atoms. The highest BCUT2D eigenvalue weighted by molar-refractivity contribution is 5.71. The summed E-state index contributed by atoms with van der Waals surface area (Å²) in [7, 11) is 0. The maximum absolute atomic E-state index is 11.8. The summed E-state index contributed by atoms with van der Waals surface area (Å²) < 4.78 is 13.0. The van der Waals surface area contributed by atoms with E-state index in [-0.39, 0.29) is 5.69 Å². The summed E-state index contributed by atoms with van der Waals surface area (Å²) in [4.78, 5) is 19.9. The number of pyridine rings is 1. The highest BCUT2D eigenvalue weighted by Crippen LogP contribution is 2.31. The Morgan fingerprint density at radius 1 is 1.20 bits per heavy atom. The fraction of sp³-hybridized carbons (Fsp3) is 0.304. The molecule has 0 saturated carbocycles. The van der Waals surface area contributed by atoms with Crippen molar-refractivity contribution in [3.8, 4) is 23.2 Å². The molecule has 12 nitrogen and oxygen atoms in total. The van der Waals surface area contributed by atoms with Gasteiger partial charge in [-0.25, -0.2) is 19.3 Å². The molecule has 0 unspecified atom stereocenters. The average molecular weight is 476 g/mol. The predicted octanol–water partition coefficient (Wildman–Crippen LogP) is 3.42. The monoisotopic (exact) mass is 475 g/mol. The molecule has 0 aliphatic carbocycles. The lowest BCUT2D eigenvalue weighted by molar-refractivity contribution is 0.0525. The number of hydrogen-bond acceptors (Lipinski definition) is 9. The van der Waals surface area contributed by atoms with Crippen LogP contribution in [0.2, 0.25) is 0 Å². The van der Waals surface area contributed by atoms with E-state index in [4.69, 9.17) is 14.7 Å². The molecule has 3 N–H and O–H groups in total. The molecule has 4 rings (SSSR count). The second kappa shape index (κ2) is 10.1. The zero-order chi connectivity index (χ0) is 24.8. The van der Waals surface area contributed by atoms with Crippen LogP contribution in [0.3, 0.4) is 0 Å². The van der Waals surface area contributed by atoms with Crippen molar-refractivity contribution in [2.75, 3.05) is 18.5 Å². The van der Waals surface area contributed by atoms with E-state index in [2.05, 4.69) is 35.9 Å². The fourth-order valence-corrected chi connectivity index (χ4v) is 3.18. The lowest BCUT2D eigenvalue weighted by Crippen LogP contribution is -2.33. The van der Waals surface area contributed by atoms with Crippen LogP contribution in [0.25, 0.3) is 16.9 Å². The van der Waals surface area contributed by atoms with E-state index in [1.807, 2.05) is 45.0 Å². The van der Waals surface area contributed by atoms with Gasteiger partial charge in [0.05, 0.1) is 36.4 Å². The van der Waals surface area contributed by atoms with Gasteiger partial charge in [-0.05, 0) is 45.4 Å². The normalized spacial score (nSPS) is 11.1. The number of fused-ring (bicyclic) bond motifs is 1. The highest BCUT2D eigenvalue weighted by Gasteiger charge is 2.17. The molecular weight excluding hydrogens is 450 g/mol. The Morgan fingerprint density at radius 3 is 2.80 bits per heavy atom. The minimum atomic E-state index is -0.543. The maximum Gasteiger partial charge on any atom is 0.407 e. The Hall–Kier alpha value is -4.66. The number of anilines is 2. The number of rotatable bonds is 8. The molecule has 0 atom stereocenters. The van der Waals surface area contributed by atoms with E-state index in [0.717, 1.165) is 5.52 Å². The van der Waals surface area contributed by atoms with Gasteiger partial charge in [0.25, 0.3) is 0 Å². The molecule has 4 aromatic rings. The first-order valence-electron chi connectivity index (χ1n) is 10.9. The van der Waals surface area contributed by atoms with E-state index in [9.17, 15) is 4.79 Å². The Balaban J connectivity index is 1.44. The first-order chi connectivity index (χ1) is 16.8. The number of nitrogens with one attached hydrogen (secondary N) is 3. The molecule has 4 heterocycles. The van der Waals surface area contributed by atoms with E-state index in [1.165, 1.54) is 12.4 Å². The molecule has 0 radical (unpaired) electrons. The van der Waals surface area contributed by atoms with Crippen molar-refractivity contribution in [3.05, 3.63) is 48.5 Å². The number of hydrogen-bond donors (Lipinski definition) is 3. The first-order valence-corrected chi connectivity index (χ1v) is 10.9. The number of nitriles is 1. The van der Waals surface area contributed by atoms with Crippen molar-refractivity contribution in [3.63, 3.8) is 0 Å². The van der Waals surface area contributed by atoms with Crippen LogP contribution in [0.5, 0.6) is 5.75 Å². The predicted molar refractivity (Wildman–Crippen MR) is 127 cm³/mol. The Bertz CT molecular complexity index is 1350. The molecule has 180 valence electrons. The molecule has 0 bridgehead atoms. The van der Waals surface area contributed by atoms with Gasteiger partial charge in [0.1, 0.15) is 28.9 Å². The highest BCUT2D eigenvalue weighted by atomic mass is 16.6. The number of H-pyrrole nitrogens is 1. The number of carbonyl (C=O) groups is 1. The number of alkyl carbamates (subject to hydrolysis) is 1. The third-order valence-corrected chi connectivity index (χ3v) is 4.63. The van der Waals surface area contributed by atoms with Gasteiger partial charge < -0.3 is 20.1 Å². The number of aromatic amines is 1. The van der Waals surface area contributed by atoms with Crippen LogP contribution in [-0.4, -0.2) is 54.6 Å². The van der Waals surface area contributed by atoms with Crippen molar-refractivity contribution < 1.29 is 14.3 Å². The molecule has 0 aliphatic rings. The molecule has 0 spiro atoms. The largest absolute Gasteiger partial charge is 0.491 e. The van der Waals surface area contributed by atoms with Crippen molar-refractivity contribution in [2.24, 2.45) is 0 Å². The van der Waals surface area contributed by atoms with Gasteiger partial charge in [0, 0.05) is 12.6 Å². The van der Waals surface area contributed by atoms with E-state index < -0.39 is 11.7 Å². The number of amides is 1. The van der Waals surface area contributed by atoms with Crippen LogP contribution in [0.4, 0.5) is 16.4 Å². The van der Waals surface area contributed by atoms with Crippen molar-refractivity contribution in [1.82, 2.24) is 35.1 Å². The van der Waals surface area contributed by atoms with Crippen molar-refractivity contribution in [2.45, 2.75) is 32.8 Å². The second-order valence-electron chi connectivity index (χ2n) is 8.54. The van der Waals surface area contributed by atoms with E-state index in [1.54, 1.807) is 16.8 Å². The third-order valence-electron chi connectivity index (χ3n) is 4.63. The topological polar surface area (TPSA) is 155 Å². The van der Waals surface area contributed by atoms with Crippen LogP contribution in [0.15, 0.2) is 42.9 Å². The average Bonchev–Trinajstić information content (AvgIpc) is 3.47. The van der Waals surface area contributed by atoms with E-state index >= 15 is 0 Å². The minimum Gasteiger partial charge on any atom is -0.491 e. The van der Waals surface area contributed by atoms with Crippen molar-refractivity contribution in [1.29, 1.82) is 5.26 Å². The minimum absolute atomic E-state index is 0.228. The van der Waals surface area contributed by atoms with Crippen LogP contribution in [-0.2, 0) is 4.74 Å². The van der Waals surface area contributed by atoms with Gasteiger partial charge >= 0.3 is 6.09 Å². The lowest BCUT2D eigenvalue weighted by Gasteiger charge is -2.19. The molecule has 0 fully saturated rings. The molecule has 0 aromatic carbocycles. The summed E-state index contributed by atoms with van der Waals surface area (Å²) in [6.07, 6.45) is 4.67. The number of nitrogens with zero attached hydrogens (tertiary/aromatic N) is 6. The smallest absolute Gasteiger partial charge is 0.407 e. The van der Waals surface area contributed by atoms with Gasteiger partial charge in [0.15, 0.2) is 11.5 Å². The van der Waals surface area contributed by atoms with E-state index in [0.29, 0.717) is 48.3 Å². The Morgan fingerprint density at radius 2 is 2.06 bits per heavy atom. The van der Waals surface area contributed by atoms with Gasteiger partial charge in [-0.3, -0.25) is 5.10 Å². The summed E-state index contributed by atoms with van der Waals surface area (Å²) in [6.45, 7) is 6.23. The number of aromatic nitrogens is 6. The molecule has 0 saturated heterocycles. The van der Waals surface area contributed by atoms with Crippen molar-refractivity contribution >= 4 is 23.2 Å². The summed E-state index contributed by atoms with van der Waals surface area (Å²) in [6, 6.07) is 9.40. The molecule has 4 aromatic heterocycles. The van der Waals surface area contributed by atoms with Gasteiger partial charge in [0.2, 0.25) is 0 Å². The lowest BCUT2D eigenvalue weighted by atomic mass is 10.2. The summed E-state index contributed by atoms with van der Waals surface area (Å²) in [5.41, 5.74) is 1.94. The molecule has 0 aliphatic heterocycles. The fourth-order valence-electron chi connectivity index (χ4n) is 3.18. The summed E-state index contributed by atoms with van der Waals surface area (Å²) in [5.74, 6) is 1.57. The summed E-state index contributed by atoms with van der Waals surface area (Å²) >= 11 is 0. The standard InChI is InChI=1S/C23H25N9O3/c1-23(2,3)35-22(33)25-8-4-10-34-18-6-5-16-7-9-28-32(16)21(18)17-11-19(31-30-17)29-20-14-26-15(12-24)13-27-20/h5-7,9,11,13-14H,4,8,10H2,1-3H3,(H,25,33)(H2,27,29,30,31). The quantitative estimate of drug-likeness (QED) is 0.325. The Labute approximate surface area is 201 Å². The molecule has 12 heteroatoms. The maximum atomic E-state index is 11.8. The van der Waals surface area contributed by atoms with Crippen LogP contribution >= 0.6 is 0 Å². The summed E-state index contributed by atoms with van der Waals surface area (Å²) in [5, 5.41) is 26.3. The third kappa shape index (κ3) is 6.02. The van der Waals surface area contributed by atoms with Gasteiger partial charge in [-0.15, -0.1) is 0 Å². The molecule has 1 amide bonds. The Kier molecular flexibility index (Phi) is 6.77. The number of carbonyl (C=O) groups excluding carboxylic acids is 1. The zero-order valence-electron chi connectivity index (χ0n) is 19.6. The first kappa shape index (κ1) is 23.5. The van der Waals surface area contributed by atoms with Gasteiger partial charge in [-0.1, -0.05) is 0 Å². The number of ether oxygens (including phenoxy) is 2. The van der Waals surface area contributed by atoms with Crippen LogP contribution in [0, 0.1) is 11.3 Å². The molecular formula is C23H25N9O3. The zero-order valence-corrected chi connectivity index (χ0v) is 19.6. The second-order valence-corrected chi connectivity index (χ2v) is 8.54. The van der Waals surface area contributed by atoms with Crippen LogP contribution in [0.1, 0.15) is 32.9 Å².